The molecule has 0 atom stereocenters. The number of H-pyrrole nitrogens is 1. The summed E-state index contributed by atoms with van der Waals surface area (Å²) < 4.78 is 0. The number of carbonyl (C=O) groups is 1. The van der Waals surface area contributed by atoms with Crippen LogP contribution in [0.3, 0.4) is 0 Å². The van der Waals surface area contributed by atoms with E-state index in [9.17, 15) is 4.79 Å². The van der Waals surface area contributed by atoms with Crippen LogP contribution in [-0.4, -0.2) is 27.8 Å². The summed E-state index contributed by atoms with van der Waals surface area (Å²) in [6.45, 7) is 4.84. The number of amides is 2. The number of nitrogens with one attached hydrogen (secondary N) is 3. The van der Waals surface area contributed by atoms with Crippen molar-refractivity contribution < 1.29 is 4.79 Å². The Morgan fingerprint density at radius 2 is 2.29 bits per heavy atom. The smallest absolute Gasteiger partial charge is 0.315 e. The highest BCUT2D eigenvalue weighted by Gasteiger charge is 2.02. The molecular formula is C8H15N5O. The third kappa shape index (κ3) is 3.42. The summed E-state index contributed by atoms with van der Waals surface area (Å²) in [6.07, 6.45) is 0.924. The van der Waals surface area contributed by atoms with Crippen LogP contribution in [-0.2, 0) is 6.54 Å². The highest BCUT2D eigenvalue weighted by atomic mass is 16.2. The highest BCUT2D eigenvalue weighted by molar-refractivity contribution is 5.73. The lowest BCUT2D eigenvalue weighted by molar-refractivity contribution is 0.240. The van der Waals surface area contributed by atoms with Crippen molar-refractivity contribution in [1.29, 1.82) is 0 Å². The van der Waals surface area contributed by atoms with Crippen LogP contribution in [0.2, 0.25) is 0 Å². The summed E-state index contributed by atoms with van der Waals surface area (Å²) in [6, 6.07) is -0.186. The van der Waals surface area contributed by atoms with Crippen molar-refractivity contribution in [3.8, 4) is 0 Å². The van der Waals surface area contributed by atoms with Crippen LogP contribution in [0.5, 0.6) is 0 Å². The molecule has 0 fully saturated rings. The molecule has 1 heterocycles. The number of nitrogens with zero attached hydrogens (tertiary/aromatic N) is 2. The van der Waals surface area contributed by atoms with Crippen LogP contribution >= 0.6 is 0 Å². The van der Waals surface area contributed by atoms with Crippen molar-refractivity contribution in [3.05, 3.63) is 11.6 Å². The molecule has 1 aromatic heterocycles. The lowest BCUT2D eigenvalue weighted by Gasteiger charge is -2.03. The van der Waals surface area contributed by atoms with E-state index >= 15 is 0 Å². The first kappa shape index (κ1) is 10.5. The zero-order chi connectivity index (χ0) is 10.4. The van der Waals surface area contributed by atoms with E-state index < -0.39 is 0 Å². The SMILES string of the molecule is CCCNC(=O)NCc1n[nH]c(C)n1. The number of urea groups is 1. The Labute approximate surface area is 82.5 Å². The fourth-order valence-corrected chi connectivity index (χ4v) is 0.928. The number of carbonyl (C=O) groups excluding carboxylic acids is 1. The number of aromatic amines is 1. The van der Waals surface area contributed by atoms with Crippen LogP contribution in [0.1, 0.15) is 25.0 Å². The summed E-state index contributed by atoms with van der Waals surface area (Å²) in [5.41, 5.74) is 0. The summed E-state index contributed by atoms with van der Waals surface area (Å²) in [5.74, 6) is 1.34. The number of hydrogen-bond acceptors (Lipinski definition) is 3. The van der Waals surface area contributed by atoms with Crippen molar-refractivity contribution in [1.82, 2.24) is 25.8 Å². The second kappa shape index (κ2) is 5.21. The van der Waals surface area contributed by atoms with E-state index in [2.05, 4.69) is 25.8 Å². The second-order valence-electron chi connectivity index (χ2n) is 2.95. The Morgan fingerprint density at radius 1 is 1.50 bits per heavy atom. The van der Waals surface area contributed by atoms with Crippen molar-refractivity contribution in [2.75, 3.05) is 6.54 Å². The number of aromatic nitrogens is 3. The summed E-state index contributed by atoms with van der Waals surface area (Å²) in [7, 11) is 0. The van der Waals surface area contributed by atoms with Gasteiger partial charge in [0.25, 0.3) is 0 Å². The molecular weight excluding hydrogens is 182 g/mol. The van der Waals surface area contributed by atoms with Gasteiger partial charge in [-0.1, -0.05) is 6.92 Å². The summed E-state index contributed by atoms with van der Waals surface area (Å²) >= 11 is 0. The first-order chi connectivity index (χ1) is 6.72. The van der Waals surface area contributed by atoms with Gasteiger partial charge >= 0.3 is 6.03 Å². The van der Waals surface area contributed by atoms with Gasteiger partial charge in [-0.3, -0.25) is 5.10 Å². The van der Waals surface area contributed by atoms with E-state index in [4.69, 9.17) is 0 Å². The van der Waals surface area contributed by atoms with E-state index in [1.807, 2.05) is 13.8 Å². The molecule has 6 heteroatoms. The maximum atomic E-state index is 11.1. The van der Waals surface area contributed by atoms with Gasteiger partial charge < -0.3 is 10.6 Å². The number of hydrogen-bond donors (Lipinski definition) is 3. The van der Waals surface area contributed by atoms with Crippen LogP contribution in [0, 0.1) is 6.92 Å². The predicted molar refractivity (Wildman–Crippen MR) is 51.6 cm³/mol. The maximum absolute atomic E-state index is 11.1. The maximum Gasteiger partial charge on any atom is 0.315 e. The molecule has 0 radical (unpaired) electrons. The van der Waals surface area contributed by atoms with Gasteiger partial charge in [0.2, 0.25) is 0 Å². The topological polar surface area (TPSA) is 82.7 Å². The molecule has 3 N–H and O–H groups in total. The van der Waals surface area contributed by atoms with Crippen LogP contribution < -0.4 is 10.6 Å². The summed E-state index contributed by atoms with van der Waals surface area (Å²) in [5, 5.41) is 11.9. The molecule has 0 saturated carbocycles. The lowest BCUT2D eigenvalue weighted by atomic mass is 10.5. The van der Waals surface area contributed by atoms with Crippen molar-refractivity contribution in [3.63, 3.8) is 0 Å². The van der Waals surface area contributed by atoms with Crippen LogP contribution in [0.25, 0.3) is 0 Å². The Bertz CT molecular complexity index is 296. The second-order valence-corrected chi connectivity index (χ2v) is 2.95. The van der Waals surface area contributed by atoms with Gasteiger partial charge in [-0.15, -0.1) is 0 Å². The molecule has 0 aliphatic heterocycles. The van der Waals surface area contributed by atoms with Gasteiger partial charge in [-0.2, -0.15) is 5.10 Å². The minimum Gasteiger partial charge on any atom is -0.338 e. The average Bonchev–Trinajstić information content (AvgIpc) is 2.58. The standard InChI is InChI=1S/C8H15N5O/c1-3-4-9-8(14)10-5-7-11-6(2)12-13-7/h3-5H2,1-2H3,(H2,9,10,14)(H,11,12,13). The zero-order valence-corrected chi connectivity index (χ0v) is 8.42. The van der Waals surface area contributed by atoms with Crippen LogP contribution in [0.4, 0.5) is 4.79 Å². The molecule has 2 amide bonds. The van der Waals surface area contributed by atoms with Crippen molar-refractivity contribution in [2.24, 2.45) is 0 Å². The monoisotopic (exact) mass is 197 g/mol. The zero-order valence-electron chi connectivity index (χ0n) is 8.42. The van der Waals surface area contributed by atoms with E-state index in [1.165, 1.54) is 0 Å². The molecule has 0 aromatic carbocycles. The molecule has 6 nitrogen and oxygen atoms in total. The quantitative estimate of drug-likeness (QED) is 0.650. The summed E-state index contributed by atoms with van der Waals surface area (Å²) in [4.78, 5) is 15.1. The Balaban J connectivity index is 2.23. The minimum atomic E-state index is -0.186. The molecule has 0 bridgehead atoms. The fourth-order valence-electron chi connectivity index (χ4n) is 0.928. The Hall–Kier alpha value is -1.59. The van der Waals surface area contributed by atoms with Gasteiger partial charge in [0.15, 0.2) is 5.82 Å². The molecule has 0 aliphatic carbocycles. The van der Waals surface area contributed by atoms with Gasteiger partial charge in [-0.25, -0.2) is 9.78 Å². The molecule has 14 heavy (non-hydrogen) atoms. The molecule has 0 spiro atoms. The third-order valence-electron chi connectivity index (χ3n) is 1.59. The Kier molecular flexibility index (Phi) is 3.90. The number of aryl methyl sites for hydroxylation is 1. The molecule has 0 unspecified atom stereocenters. The van der Waals surface area contributed by atoms with E-state index in [-0.39, 0.29) is 6.03 Å². The average molecular weight is 197 g/mol. The van der Waals surface area contributed by atoms with Crippen molar-refractivity contribution >= 4 is 6.03 Å². The van der Waals surface area contributed by atoms with Crippen molar-refractivity contribution in [2.45, 2.75) is 26.8 Å². The van der Waals surface area contributed by atoms with Gasteiger partial charge in [0.05, 0.1) is 6.54 Å². The highest BCUT2D eigenvalue weighted by Crippen LogP contribution is 1.88. The Morgan fingerprint density at radius 3 is 2.86 bits per heavy atom. The molecule has 0 aliphatic rings. The van der Waals surface area contributed by atoms with Gasteiger partial charge in [0, 0.05) is 6.54 Å². The van der Waals surface area contributed by atoms with Gasteiger partial charge in [0.1, 0.15) is 5.82 Å². The predicted octanol–water partition coefficient (Wildman–Crippen LogP) is 0.322. The molecule has 1 rings (SSSR count). The third-order valence-corrected chi connectivity index (χ3v) is 1.59. The number of rotatable bonds is 4. The molecule has 0 saturated heterocycles. The fraction of sp³-hybridized carbons (Fsp3) is 0.625. The van der Waals surface area contributed by atoms with Crippen LogP contribution in [0.15, 0.2) is 0 Å². The lowest BCUT2D eigenvalue weighted by Crippen LogP contribution is -2.35. The normalized spacial score (nSPS) is 9.86. The molecule has 1 aromatic rings. The van der Waals surface area contributed by atoms with Gasteiger partial charge in [-0.05, 0) is 13.3 Å². The first-order valence-corrected chi connectivity index (χ1v) is 4.62. The largest absolute Gasteiger partial charge is 0.338 e. The van der Waals surface area contributed by atoms with E-state index in [0.29, 0.717) is 18.9 Å². The first-order valence-electron chi connectivity index (χ1n) is 4.62. The van der Waals surface area contributed by atoms with E-state index in [0.717, 1.165) is 12.2 Å². The minimum absolute atomic E-state index is 0.186. The van der Waals surface area contributed by atoms with E-state index in [1.54, 1.807) is 0 Å². The molecule has 78 valence electrons.